The summed E-state index contributed by atoms with van der Waals surface area (Å²) in [7, 11) is 0. The monoisotopic (exact) mass is 240 g/mol. The molecular formula is C14H28N2O. The smallest absolute Gasteiger partial charge is 0.0471 e. The maximum atomic E-state index is 5.88. The van der Waals surface area contributed by atoms with Gasteiger partial charge in [0.2, 0.25) is 0 Å². The highest BCUT2D eigenvalue weighted by atomic mass is 16.5. The van der Waals surface area contributed by atoms with Crippen LogP contribution in [0.2, 0.25) is 0 Å². The van der Waals surface area contributed by atoms with Crippen molar-refractivity contribution in [3.63, 3.8) is 0 Å². The number of likely N-dealkylation sites (tertiary alicyclic amines) is 1. The van der Waals surface area contributed by atoms with E-state index in [4.69, 9.17) is 10.5 Å². The molecule has 0 aromatic heterocycles. The third kappa shape index (κ3) is 3.01. The second-order valence-electron chi connectivity index (χ2n) is 6.44. The topological polar surface area (TPSA) is 38.5 Å². The molecule has 3 nitrogen and oxygen atoms in total. The summed E-state index contributed by atoms with van der Waals surface area (Å²) in [5.41, 5.74) is 6.76. The molecule has 0 bridgehead atoms. The third-order valence-corrected chi connectivity index (χ3v) is 4.99. The second-order valence-corrected chi connectivity index (χ2v) is 6.44. The van der Waals surface area contributed by atoms with Crippen LogP contribution in [0.5, 0.6) is 0 Å². The molecule has 2 rings (SSSR count). The third-order valence-electron chi connectivity index (χ3n) is 4.99. The van der Waals surface area contributed by atoms with Gasteiger partial charge in [-0.05, 0) is 49.6 Å². The van der Waals surface area contributed by atoms with Gasteiger partial charge in [0.05, 0.1) is 0 Å². The highest BCUT2D eigenvalue weighted by Crippen LogP contribution is 2.38. The Morgan fingerprint density at radius 1 is 1.24 bits per heavy atom. The van der Waals surface area contributed by atoms with Gasteiger partial charge in [0, 0.05) is 26.3 Å². The zero-order valence-corrected chi connectivity index (χ0v) is 11.5. The minimum atomic E-state index is 0.361. The number of hydrogen-bond donors (Lipinski definition) is 1. The van der Waals surface area contributed by atoms with Crippen molar-refractivity contribution >= 4 is 0 Å². The maximum absolute atomic E-state index is 5.88. The summed E-state index contributed by atoms with van der Waals surface area (Å²) in [5.74, 6) is 0. The van der Waals surface area contributed by atoms with Crippen molar-refractivity contribution < 1.29 is 4.74 Å². The van der Waals surface area contributed by atoms with E-state index in [1.807, 2.05) is 0 Å². The minimum Gasteiger partial charge on any atom is -0.381 e. The van der Waals surface area contributed by atoms with Gasteiger partial charge in [-0.15, -0.1) is 0 Å². The van der Waals surface area contributed by atoms with Crippen LogP contribution in [0.15, 0.2) is 0 Å². The van der Waals surface area contributed by atoms with Crippen LogP contribution in [0.3, 0.4) is 0 Å². The Kier molecular flexibility index (Phi) is 4.11. The largest absolute Gasteiger partial charge is 0.381 e. The molecule has 0 aromatic rings. The first-order chi connectivity index (χ1) is 8.11. The minimum absolute atomic E-state index is 0.361. The summed E-state index contributed by atoms with van der Waals surface area (Å²) in [6, 6.07) is 0. The molecule has 2 N–H and O–H groups in total. The van der Waals surface area contributed by atoms with Crippen LogP contribution in [0, 0.1) is 10.8 Å². The van der Waals surface area contributed by atoms with Gasteiger partial charge >= 0.3 is 0 Å². The summed E-state index contributed by atoms with van der Waals surface area (Å²) in [5, 5.41) is 0. The fourth-order valence-corrected chi connectivity index (χ4v) is 3.33. The van der Waals surface area contributed by atoms with Crippen molar-refractivity contribution in [3.05, 3.63) is 0 Å². The predicted octanol–water partition coefficient (Wildman–Crippen LogP) is 1.86. The van der Waals surface area contributed by atoms with Crippen molar-refractivity contribution in [2.45, 2.75) is 39.5 Å². The summed E-state index contributed by atoms with van der Waals surface area (Å²) in [4.78, 5) is 2.64. The molecule has 100 valence electrons. The fourth-order valence-electron chi connectivity index (χ4n) is 3.33. The number of nitrogens with zero attached hydrogens (tertiary/aromatic N) is 1. The van der Waals surface area contributed by atoms with Gasteiger partial charge in [-0.3, -0.25) is 0 Å². The van der Waals surface area contributed by atoms with Crippen molar-refractivity contribution in [1.82, 2.24) is 4.90 Å². The number of ether oxygens (including phenoxy) is 1. The van der Waals surface area contributed by atoms with Gasteiger partial charge in [-0.1, -0.05) is 13.8 Å². The van der Waals surface area contributed by atoms with Crippen LogP contribution >= 0.6 is 0 Å². The van der Waals surface area contributed by atoms with Crippen molar-refractivity contribution in [2.24, 2.45) is 16.6 Å². The van der Waals surface area contributed by atoms with E-state index in [9.17, 15) is 0 Å². The Labute approximate surface area is 106 Å². The molecule has 0 spiro atoms. The van der Waals surface area contributed by atoms with Crippen LogP contribution < -0.4 is 5.73 Å². The summed E-state index contributed by atoms with van der Waals surface area (Å²) in [6.07, 6.45) is 5.02. The molecule has 0 saturated carbocycles. The molecule has 0 aliphatic carbocycles. The summed E-state index contributed by atoms with van der Waals surface area (Å²) >= 11 is 0. The highest BCUT2D eigenvalue weighted by Gasteiger charge is 2.38. The number of hydrogen-bond acceptors (Lipinski definition) is 3. The molecule has 0 radical (unpaired) electrons. The maximum Gasteiger partial charge on any atom is 0.0471 e. The average Bonchev–Trinajstić information content (AvgIpc) is 2.73. The Bertz CT molecular complexity index is 251. The molecule has 1 unspecified atom stereocenters. The van der Waals surface area contributed by atoms with Gasteiger partial charge in [-0.2, -0.15) is 0 Å². The van der Waals surface area contributed by atoms with E-state index in [1.54, 1.807) is 0 Å². The van der Waals surface area contributed by atoms with Gasteiger partial charge < -0.3 is 15.4 Å². The van der Waals surface area contributed by atoms with Crippen LogP contribution in [0.4, 0.5) is 0 Å². The molecule has 2 aliphatic rings. The Morgan fingerprint density at radius 3 is 2.47 bits per heavy atom. The molecule has 0 aromatic carbocycles. The van der Waals surface area contributed by atoms with Gasteiger partial charge in [0.25, 0.3) is 0 Å². The van der Waals surface area contributed by atoms with Gasteiger partial charge in [0.1, 0.15) is 0 Å². The predicted molar refractivity (Wildman–Crippen MR) is 71.0 cm³/mol. The standard InChI is InChI=1S/C14H28N2O/c1-3-14(5-8-17-9-6-14)12-16-7-4-13(2,10-15)11-16/h3-12,15H2,1-2H3. The quantitative estimate of drug-likeness (QED) is 0.815. The second kappa shape index (κ2) is 5.25. The lowest BCUT2D eigenvalue weighted by atomic mass is 9.77. The molecule has 2 heterocycles. The molecular weight excluding hydrogens is 212 g/mol. The molecule has 0 amide bonds. The SMILES string of the molecule is CCC1(CN2CCC(C)(CN)C2)CCOCC1. The summed E-state index contributed by atoms with van der Waals surface area (Å²) < 4.78 is 5.51. The van der Waals surface area contributed by atoms with E-state index in [1.165, 1.54) is 45.3 Å². The Hall–Kier alpha value is -0.120. The highest BCUT2D eigenvalue weighted by molar-refractivity contribution is 4.91. The van der Waals surface area contributed by atoms with E-state index in [2.05, 4.69) is 18.7 Å². The first-order valence-electron chi connectivity index (χ1n) is 7.12. The first kappa shape index (κ1) is 13.3. The molecule has 1 atom stereocenters. The number of nitrogens with two attached hydrogens (primary N) is 1. The lowest BCUT2D eigenvalue weighted by molar-refractivity contribution is -0.00470. The van der Waals surface area contributed by atoms with Crippen molar-refractivity contribution in [1.29, 1.82) is 0 Å². The van der Waals surface area contributed by atoms with Crippen molar-refractivity contribution in [2.75, 3.05) is 39.4 Å². The lowest BCUT2D eigenvalue weighted by Crippen LogP contribution is -2.41. The van der Waals surface area contributed by atoms with Gasteiger partial charge in [0.15, 0.2) is 0 Å². The number of rotatable bonds is 4. The van der Waals surface area contributed by atoms with E-state index in [0.29, 0.717) is 10.8 Å². The van der Waals surface area contributed by atoms with Crippen LogP contribution in [0.1, 0.15) is 39.5 Å². The molecule has 2 aliphatic heterocycles. The van der Waals surface area contributed by atoms with E-state index >= 15 is 0 Å². The molecule has 17 heavy (non-hydrogen) atoms. The normalized spacial score (nSPS) is 34.1. The van der Waals surface area contributed by atoms with Gasteiger partial charge in [-0.25, -0.2) is 0 Å². The Balaban J connectivity index is 1.91. The fraction of sp³-hybridized carbons (Fsp3) is 1.00. The molecule has 2 saturated heterocycles. The Morgan fingerprint density at radius 2 is 1.94 bits per heavy atom. The summed E-state index contributed by atoms with van der Waals surface area (Å²) in [6.45, 7) is 11.1. The zero-order chi connectivity index (χ0) is 12.4. The van der Waals surface area contributed by atoms with Crippen molar-refractivity contribution in [3.8, 4) is 0 Å². The average molecular weight is 240 g/mol. The molecule has 3 heteroatoms. The van der Waals surface area contributed by atoms with Crippen LogP contribution in [-0.4, -0.2) is 44.3 Å². The van der Waals surface area contributed by atoms with E-state index in [0.717, 1.165) is 19.8 Å². The van der Waals surface area contributed by atoms with E-state index in [-0.39, 0.29) is 0 Å². The zero-order valence-electron chi connectivity index (χ0n) is 11.5. The lowest BCUT2D eigenvalue weighted by Gasteiger charge is -2.39. The van der Waals surface area contributed by atoms with E-state index < -0.39 is 0 Å². The van der Waals surface area contributed by atoms with Crippen LogP contribution in [0.25, 0.3) is 0 Å². The molecule has 2 fully saturated rings. The first-order valence-corrected chi connectivity index (χ1v) is 7.12. The van der Waals surface area contributed by atoms with Crippen LogP contribution in [-0.2, 0) is 4.74 Å².